The molecule has 1 aromatic rings. The number of carbonyl (C=O) groups excluding carboxylic acids is 1. The van der Waals surface area contributed by atoms with E-state index in [1.807, 2.05) is 65.4 Å². The summed E-state index contributed by atoms with van der Waals surface area (Å²) in [5.41, 5.74) is 0.475. The predicted octanol–water partition coefficient (Wildman–Crippen LogP) is 2.39. The lowest BCUT2D eigenvalue weighted by Crippen LogP contribution is -2.42. The summed E-state index contributed by atoms with van der Waals surface area (Å²) in [5.74, 6) is -0.107. The molecule has 0 radical (unpaired) electrons. The molecule has 0 unspecified atom stereocenters. The summed E-state index contributed by atoms with van der Waals surface area (Å²) < 4.78 is 5.45. The van der Waals surface area contributed by atoms with Crippen molar-refractivity contribution in [3.05, 3.63) is 35.9 Å². The van der Waals surface area contributed by atoms with Gasteiger partial charge < -0.3 is 14.5 Å². The fraction of sp³-hybridized carbons (Fsp3) is 0.611. The van der Waals surface area contributed by atoms with E-state index in [9.17, 15) is 4.79 Å². The van der Waals surface area contributed by atoms with E-state index in [0.29, 0.717) is 6.61 Å². The summed E-state index contributed by atoms with van der Waals surface area (Å²) in [7, 11) is 8.14. The van der Waals surface area contributed by atoms with E-state index in [1.165, 1.54) is 0 Å². The average Bonchev–Trinajstić information content (AvgIpc) is 2.48. The predicted molar refractivity (Wildman–Crippen MR) is 91.1 cm³/mol. The quantitative estimate of drug-likeness (QED) is 0.656. The normalized spacial score (nSPS) is 12.0. The van der Waals surface area contributed by atoms with Gasteiger partial charge in [0.2, 0.25) is 0 Å². The molecule has 0 spiro atoms. The van der Waals surface area contributed by atoms with Crippen molar-refractivity contribution in [2.75, 3.05) is 47.9 Å². The molecule has 0 aliphatic rings. The Labute approximate surface area is 135 Å². The number of nitrogens with zero attached hydrogens (tertiary/aromatic N) is 2. The minimum atomic E-state index is -0.578. The van der Waals surface area contributed by atoms with Gasteiger partial charge in [-0.15, -0.1) is 0 Å². The van der Waals surface area contributed by atoms with Crippen molar-refractivity contribution in [2.45, 2.75) is 25.2 Å². The minimum absolute atomic E-state index is 0.107. The topological polar surface area (TPSA) is 32.8 Å². The van der Waals surface area contributed by atoms with Crippen molar-refractivity contribution in [2.24, 2.45) is 0 Å². The van der Waals surface area contributed by atoms with Gasteiger partial charge in [0.05, 0.1) is 12.0 Å². The van der Waals surface area contributed by atoms with E-state index in [0.717, 1.165) is 31.5 Å². The Morgan fingerprint density at radius 1 is 1.00 bits per heavy atom. The number of hydrogen-bond acceptors (Lipinski definition) is 4. The molecule has 4 heteroatoms. The first-order valence-corrected chi connectivity index (χ1v) is 7.94. The van der Waals surface area contributed by atoms with Crippen LogP contribution in [0.1, 0.15) is 25.3 Å². The first-order chi connectivity index (χ1) is 10.4. The van der Waals surface area contributed by atoms with Gasteiger partial charge in [-0.2, -0.15) is 0 Å². The molecule has 1 rings (SSSR count). The standard InChI is InChI=1S/C18H30N2O2/c1-6-22-17(21)18(12-14-19(2)3,13-15-20(4)5)16-10-8-7-9-11-16/h7-11H,6,12-15H2,1-5H3. The van der Waals surface area contributed by atoms with Gasteiger partial charge >= 0.3 is 5.97 Å². The molecule has 0 bridgehead atoms. The molecular formula is C18H30N2O2. The number of carbonyl (C=O) groups is 1. The molecule has 0 atom stereocenters. The van der Waals surface area contributed by atoms with Crippen LogP contribution in [0.5, 0.6) is 0 Å². The van der Waals surface area contributed by atoms with Crippen LogP contribution in [-0.2, 0) is 14.9 Å². The highest BCUT2D eigenvalue weighted by Crippen LogP contribution is 2.34. The zero-order chi connectivity index (χ0) is 16.6. The molecule has 0 saturated carbocycles. The molecule has 124 valence electrons. The maximum Gasteiger partial charge on any atom is 0.316 e. The van der Waals surface area contributed by atoms with Crippen LogP contribution in [-0.4, -0.2) is 63.7 Å². The molecule has 0 amide bonds. The molecule has 4 nitrogen and oxygen atoms in total. The Morgan fingerprint density at radius 2 is 1.50 bits per heavy atom. The smallest absolute Gasteiger partial charge is 0.316 e. The Morgan fingerprint density at radius 3 is 1.91 bits per heavy atom. The molecule has 1 aromatic carbocycles. The van der Waals surface area contributed by atoms with Crippen molar-refractivity contribution in [1.29, 1.82) is 0 Å². The summed E-state index contributed by atoms with van der Waals surface area (Å²) in [5, 5.41) is 0. The van der Waals surface area contributed by atoms with Crippen molar-refractivity contribution in [3.63, 3.8) is 0 Å². The number of esters is 1. The van der Waals surface area contributed by atoms with Gasteiger partial charge in [-0.1, -0.05) is 30.3 Å². The second-order valence-electron chi connectivity index (χ2n) is 6.28. The Balaban J connectivity index is 3.18. The van der Waals surface area contributed by atoms with Crippen molar-refractivity contribution >= 4 is 5.97 Å². The van der Waals surface area contributed by atoms with Crippen LogP contribution in [0.15, 0.2) is 30.3 Å². The summed E-state index contributed by atoms with van der Waals surface area (Å²) in [6, 6.07) is 10.1. The molecule has 0 N–H and O–H groups in total. The highest BCUT2D eigenvalue weighted by Gasteiger charge is 2.41. The van der Waals surface area contributed by atoms with Crippen LogP contribution in [0.25, 0.3) is 0 Å². The fourth-order valence-corrected chi connectivity index (χ4v) is 2.59. The van der Waals surface area contributed by atoms with E-state index in [1.54, 1.807) is 0 Å². The maximum atomic E-state index is 12.8. The Kier molecular flexibility index (Phi) is 7.56. The molecule has 0 heterocycles. The zero-order valence-corrected chi connectivity index (χ0v) is 14.6. The van der Waals surface area contributed by atoms with Gasteiger partial charge in [0.1, 0.15) is 0 Å². The number of benzene rings is 1. The lowest BCUT2D eigenvalue weighted by atomic mass is 9.74. The molecular weight excluding hydrogens is 276 g/mol. The largest absolute Gasteiger partial charge is 0.465 e. The third-order valence-corrected chi connectivity index (χ3v) is 3.96. The first kappa shape index (κ1) is 18.7. The second kappa shape index (κ2) is 8.91. The fourth-order valence-electron chi connectivity index (χ4n) is 2.59. The molecule has 22 heavy (non-hydrogen) atoms. The van der Waals surface area contributed by atoms with Gasteiger partial charge in [-0.25, -0.2) is 0 Å². The highest BCUT2D eigenvalue weighted by atomic mass is 16.5. The van der Waals surface area contributed by atoms with E-state index in [4.69, 9.17) is 4.74 Å². The van der Waals surface area contributed by atoms with Crippen molar-refractivity contribution < 1.29 is 9.53 Å². The number of ether oxygens (including phenoxy) is 1. The Bertz CT molecular complexity index is 432. The molecule has 0 aliphatic heterocycles. The van der Waals surface area contributed by atoms with Crippen molar-refractivity contribution in [3.8, 4) is 0 Å². The highest BCUT2D eigenvalue weighted by molar-refractivity contribution is 5.83. The van der Waals surface area contributed by atoms with E-state index in [-0.39, 0.29) is 5.97 Å². The lowest BCUT2D eigenvalue weighted by molar-refractivity contribution is -0.151. The van der Waals surface area contributed by atoms with E-state index >= 15 is 0 Å². The van der Waals surface area contributed by atoms with Crippen LogP contribution in [0.3, 0.4) is 0 Å². The maximum absolute atomic E-state index is 12.8. The van der Waals surface area contributed by atoms with Crippen LogP contribution in [0.4, 0.5) is 0 Å². The molecule has 0 fully saturated rings. The summed E-state index contributed by atoms with van der Waals surface area (Å²) >= 11 is 0. The molecule has 0 aliphatic carbocycles. The number of rotatable bonds is 9. The Hall–Kier alpha value is -1.39. The van der Waals surface area contributed by atoms with Gasteiger partial charge in [0.15, 0.2) is 0 Å². The minimum Gasteiger partial charge on any atom is -0.465 e. The van der Waals surface area contributed by atoms with Gasteiger partial charge in [0.25, 0.3) is 0 Å². The second-order valence-corrected chi connectivity index (χ2v) is 6.28. The number of hydrogen-bond donors (Lipinski definition) is 0. The third kappa shape index (κ3) is 5.11. The summed E-state index contributed by atoms with van der Waals surface area (Å²) in [6.45, 7) is 3.98. The van der Waals surface area contributed by atoms with E-state index < -0.39 is 5.41 Å². The summed E-state index contributed by atoms with van der Waals surface area (Å²) in [6.07, 6.45) is 1.52. The van der Waals surface area contributed by atoms with Gasteiger partial charge in [-0.3, -0.25) is 4.79 Å². The van der Waals surface area contributed by atoms with Gasteiger partial charge in [0, 0.05) is 0 Å². The van der Waals surface area contributed by atoms with Crippen LogP contribution in [0, 0.1) is 0 Å². The third-order valence-electron chi connectivity index (χ3n) is 3.96. The van der Waals surface area contributed by atoms with E-state index in [2.05, 4.69) is 9.80 Å². The summed E-state index contributed by atoms with van der Waals surface area (Å²) in [4.78, 5) is 17.1. The van der Waals surface area contributed by atoms with Crippen LogP contribution < -0.4 is 0 Å². The van der Waals surface area contributed by atoms with Gasteiger partial charge in [-0.05, 0) is 66.6 Å². The zero-order valence-electron chi connectivity index (χ0n) is 14.6. The lowest BCUT2D eigenvalue weighted by Gasteiger charge is -2.34. The first-order valence-electron chi connectivity index (χ1n) is 7.94. The van der Waals surface area contributed by atoms with Crippen LogP contribution in [0.2, 0.25) is 0 Å². The average molecular weight is 306 g/mol. The monoisotopic (exact) mass is 306 g/mol. The van der Waals surface area contributed by atoms with Crippen molar-refractivity contribution in [1.82, 2.24) is 9.80 Å². The molecule has 0 aromatic heterocycles. The van der Waals surface area contributed by atoms with Crippen LogP contribution >= 0.6 is 0 Å². The molecule has 0 saturated heterocycles. The SMILES string of the molecule is CCOC(=O)C(CCN(C)C)(CCN(C)C)c1ccccc1.